The van der Waals surface area contributed by atoms with Gasteiger partial charge in [-0.3, -0.25) is 10.1 Å². The maximum absolute atomic E-state index is 8.00. The van der Waals surface area contributed by atoms with Crippen LogP contribution in [0.15, 0.2) is 30.6 Å². The lowest BCUT2D eigenvalue weighted by molar-refractivity contribution is -0.0987. The van der Waals surface area contributed by atoms with E-state index in [0.717, 1.165) is 59.7 Å². The fraction of sp³-hybridized carbons (Fsp3) is 0.316. The molecule has 3 aromatic rings. The Kier molecular flexibility index (Phi) is 7.57. The number of aryl methyl sites for hydroxylation is 1. The van der Waals surface area contributed by atoms with Gasteiger partial charge in [0.25, 0.3) is 0 Å². The van der Waals surface area contributed by atoms with Crippen LogP contribution in [0.1, 0.15) is 18.4 Å². The number of anilines is 1. The SMILES string of the molecule is C=O.C=O.Cc1ccnc(-c2n[nH]c3ccnc(NC4CCOCC4)c23)c1. The van der Waals surface area contributed by atoms with E-state index < -0.39 is 0 Å². The normalized spacial score (nSPS) is 13.8. The number of H-pyrrole nitrogens is 1. The Labute approximate surface area is 157 Å². The van der Waals surface area contributed by atoms with Crippen molar-refractivity contribution in [3.05, 3.63) is 36.2 Å². The number of hydrogen-bond acceptors (Lipinski definition) is 7. The summed E-state index contributed by atoms with van der Waals surface area (Å²) in [5.74, 6) is 0.862. The van der Waals surface area contributed by atoms with E-state index >= 15 is 0 Å². The quantitative estimate of drug-likeness (QED) is 0.730. The van der Waals surface area contributed by atoms with Gasteiger partial charge in [0, 0.05) is 31.6 Å². The second kappa shape index (κ2) is 10.1. The van der Waals surface area contributed by atoms with Gasteiger partial charge in [0.1, 0.15) is 25.1 Å². The maximum Gasteiger partial charge on any atom is 0.137 e. The summed E-state index contributed by atoms with van der Waals surface area (Å²) < 4.78 is 5.43. The van der Waals surface area contributed by atoms with Crippen LogP contribution in [0, 0.1) is 6.92 Å². The Morgan fingerprint density at radius 2 is 1.81 bits per heavy atom. The van der Waals surface area contributed by atoms with E-state index in [1.807, 2.05) is 38.0 Å². The van der Waals surface area contributed by atoms with Crippen molar-refractivity contribution in [3.8, 4) is 11.4 Å². The number of ether oxygens (including phenoxy) is 1. The number of nitrogens with zero attached hydrogens (tertiary/aromatic N) is 3. The van der Waals surface area contributed by atoms with Crippen LogP contribution in [0.25, 0.3) is 22.3 Å². The first kappa shape index (κ1) is 20.2. The highest BCUT2D eigenvalue weighted by molar-refractivity contribution is 5.99. The van der Waals surface area contributed by atoms with E-state index in [4.69, 9.17) is 14.3 Å². The molecule has 0 spiro atoms. The van der Waals surface area contributed by atoms with Gasteiger partial charge in [0.2, 0.25) is 0 Å². The number of carbonyl (C=O) groups is 2. The van der Waals surface area contributed by atoms with Crippen LogP contribution < -0.4 is 5.32 Å². The molecule has 2 N–H and O–H groups in total. The van der Waals surface area contributed by atoms with Crippen LogP contribution in [0.2, 0.25) is 0 Å². The number of pyridine rings is 2. The third kappa shape index (κ3) is 4.73. The van der Waals surface area contributed by atoms with Gasteiger partial charge in [-0.1, -0.05) is 0 Å². The van der Waals surface area contributed by atoms with Gasteiger partial charge in [-0.05, 0) is 43.5 Å². The van der Waals surface area contributed by atoms with E-state index in [0.29, 0.717) is 6.04 Å². The van der Waals surface area contributed by atoms with Gasteiger partial charge in [0.05, 0.1) is 16.6 Å². The summed E-state index contributed by atoms with van der Waals surface area (Å²) >= 11 is 0. The fourth-order valence-corrected chi connectivity index (χ4v) is 2.96. The number of carbonyl (C=O) groups excluding carboxylic acids is 2. The van der Waals surface area contributed by atoms with Crippen molar-refractivity contribution in [1.82, 2.24) is 20.2 Å². The highest BCUT2D eigenvalue weighted by atomic mass is 16.5. The smallest absolute Gasteiger partial charge is 0.137 e. The number of aromatic amines is 1. The summed E-state index contributed by atoms with van der Waals surface area (Å²) in [5, 5.41) is 12.1. The maximum atomic E-state index is 8.00. The lowest BCUT2D eigenvalue weighted by Crippen LogP contribution is -2.28. The molecule has 0 aliphatic carbocycles. The molecule has 1 aliphatic heterocycles. The van der Waals surface area contributed by atoms with E-state index in [1.165, 1.54) is 0 Å². The molecule has 8 heteroatoms. The molecule has 0 amide bonds. The summed E-state index contributed by atoms with van der Waals surface area (Å²) in [5.41, 5.74) is 3.83. The van der Waals surface area contributed by atoms with Gasteiger partial charge >= 0.3 is 0 Å². The van der Waals surface area contributed by atoms with Gasteiger partial charge in [-0.15, -0.1) is 0 Å². The summed E-state index contributed by atoms with van der Waals surface area (Å²) in [6, 6.07) is 6.35. The first-order valence-electron chi connectivity index (χ1n) is 8.49. The zero-order valence-electron chi connectivity index (χ0n) is 15.3. The molecule has 0 aromatic carbocycles. The van der Waals surface area contributed by atoms with E-state index in [1.54, 1.807) is 6.20 Å². The van der Waals surface area contributed by atoms with Gasteiger partial charge in [-0.2, -0.15) is 5.10 Å². The van der Waals surface area contributed by atoms with Gasteiger partial charge in [-0.25, -0.2) is 4.98 Å². The largest absolute Gasteiger partial charge is 0.381 e. The molecular formula is C19H23N5O3. The molecule has 27 heavy (non-hydrogen) atoms. The molecule has 0 bridgehead atoms. The van der Waals surface area contributed by atoms with E-state index in [9.17, 15) is 0 Å². The predicted octanol–water partition coefficient (Wildman–Crippen LogP) is 2.55. The molecule has 0 atom stereocenters. The Hall–Kier alpha value is -3.13. The van der Waals surface area contributed by atoms with Crippen LogP contribution in [0.3, 0.4) is 0 Å². The van der Waals surface area contributed by atoms with Crippen molar-refractivity contribution < 1.29 is 14.3 Å². The number of aromatic nitrogens is 4. The van der Waals surface area contributed by atoms with E-state index in [-0.39, 0.29) is 0 Å². The summed E-state index contributed by atoms with van der Waals surface area (Å²) in [4.78, 5) is 25.0. The van der Waals surface area contributed by atoms with Crippen molar-refractivity contribution in [3.63, 3.8) is 0 Å². The number of rotatable bonds is 3. The average Bonchev–Trinajstić information content (AvgIpc) is 3.17. The molecule has 0 radical (unpaired) electrons. The molecule has 1 aliphatic rings. The molecule has 0 saturated carbocycles. The number of hydrogen-bond donors (Lipinski definition) is 2. The van der Waals surface area contributed by atoms with Gasteiger partial charge in [0.15, 0.2) is 0 Å². The predicted molar refractivity (Wildman–Crippen MR) is 104 cm³/mol. The third-order valence-corrected chi connectivity index (χ3v) is 4.20. The molecule has 4 rings (SSSR count). The lowest BCUT2D eigenvalue weighted by Gasteiger charge is -2.23. The number of fused-ring (bicyclic) bond motifs is 1. The van der Waals surface area contributed by atoms with Crippen LogP contribution in [0.4, 0.5) is 5.82 Å². The monoisotopic (exact) mass is 369 g/mol. The zero-order valence-corrected chi connectivity index (χ0v) is 15.3. The zero-order chi connectivity index (χ0) is 19.6. The summed E-state index contributed by atoms with van der Waals surface area (Å²) in [7, 11) is 0. The van der Waals surface area contributed by atoms with Crippen molar-refractivity contribution in [2.24, 2.45) is 0 Å². The molecule has 8 nitrogen and oxygen atoms in total. The van der Waals surface area contributed by atoms with E-state index in [2.05, 4.69) is 32.4 Å². The van der Waals surface area contributed by atoms with Gasteiger partial charge < -0.3 is 19.6 Å². The fourth-order valence-electron chi connectivity index (χ4n) is 2.96. The molecule has 0 unspecified atom stereocenters. The molecular weight excluding hydrogens is 346 g/mol. The first-order chi connectivity index (χ1) is 13.3. The third-order valence-electron chi connectivity index (χ3n) is 4.20. The Morgan fingerprint density at radius 1 is 1.11 bits per heavy atom. The Balaban J connectivity index is 0.000000614. The second-order valence-corrected chi connectivity index (χ2v) is 5.90. The van der Waals surface area contributed by atoms with Crippen LogP contribution in [0.5, 0.6) is 0 Å². The number of nitrogens with one attached hydrogen (secondary N) is 2. The highest BCUT2D eigenvalue weighted by Gasteiger charge is 2.19. The molecule has 4 heterocycles. The highest BCUT2D eigenvalue weighted by Crippen LogP contribution is 2.30. The topological polar surface area (TPSA) is 110 Å². The Bertz CT molecular complexity index is 859. The molecule has 1 fully saturated rings. The molecule has 142 valence electrons. The summed E-state index contributed by atoms with van der Waals surface area (Å²) in [6.07, 6.45) is 5.60. The van der Waals surface area contributed by atoms with Crippen LogP contribution >= 0.6 is 0 Å². The summed E-state index contributed by atoms with van der Waals surface area (Å²) in [6.45, 7) is 7.65. The van der Waals surface area contributed by atoms with Crippen molar-refractivity contribution in [2.75, 3.05) is 18.5 Å². The van der Waals surface area contributed by atoms with Crippen molar-refractivity contribution >= 4 is 30.3 Å². The molecule has 1 saturated heterocycles. The minimum absolute atomic E-state index is 0.384. The molecule has 3 aromatic heterocycles. The van der Waals surface area contributed by atoms with Crippen LogP contribution in [-0.2, 0) is 14.3 Å². The van der Waals surface area contributed by atoms with Crippen molar-refractivity contribution in [2.45, 2.75) is 25.8 Å². The lowest BCUT2D eigenvalue weighted by atomic mass is 10.1. The standard InChI is InChI=1S/C17H19N5O.2CH2O/c1-11-2-6-18-14(10-11)16-15-13(21-22-16)3-7-19-17(15)20-12-4-8-23-9-5-12;2*1-2/h2-3,6-7,10,12H,4-5,8-9H2,1H3,(H,19,20)(H,21,22);2*1H2. The second-order valence-electron chi connectivity index (χ2n) is 5.90. The minimum Gasteiger partial charge on any atom is -0.381 e. The Morgan fingerprint density at radius 3 is 2.52 bits per heavy atom. The first-order valence-corrected chi connectivity index (χ1v) is 8.49. The van der Waals surface area contributed by atoms with Crippen LogP contribution in [-0.4, -0.2) is 53.0 Å². The minimum atomic E-state index is 0.384. The van der Waals surface area contributed by atoms with Crippen molar-refractivity contribution in [1.29, 1.82) is 0 Å². The average molecular weight is 369 g/mol.